The maximum Gasteiger partial charge on any atom is 0.265 e. The lowest BCUT2D eigenvalue weighted by Crippen LogP contribution is -2.53. The summed E-state index contributed by atoms with van der Waals surface area (Å²) in [7, 11) is 0. The number of hydrazine groups is 1. The summed E-state index contributed by atoms with van der Waals surface area (Å²) in [5, 5.41) is 0. The van der Waals surface area contributed by atoms with Crippen LogP contribution in [0.5, 0.6) is 0 Å². The fraction of sp³-hybridized carbons (Fsp3) is 0.562. The zero-order valence-corrected chi connectivity index (χ0v) is 13.2. The fourth-order valence-corrected chi connectivity index (χ4v) is 2.78. The largest absolute Gasteiger partial charge is 0.297 e. The molecule has 1 aliphatic rings. The third kappa shape index (κ3) is 4.03. The van der Waals surface area contributed by atoms with E-state index in [-0.39, 0.29) is 11.4 Å². The van der Waals surface area contributed by atoms with Crippen molar-refractivity contribution in [2.24, 2.45) is 5.84 Å². The van der Waals surface area contributed by atoms with Gasteiger partial charge in [-0.25, -0.2) is 5.84 Å². The van der Waals surface area contributed by atoms with Crippen molar-refractivity contribution in [2.45, 2.75) is 32.9 Å². The van der Waals surface area contributed by atoms with Gasteiger partial charge in [-0.1, -0.05) is 18.2 Å². The maximum absolute atomic E-state index is 11.8. The van der Waals surface area contributed by atoms with Gasteiger partial charge in [-0.2, -0.15) is 0 Å². The van der Waals surface area contributed by atoms with Crippen LogP contribution in [0.25, 0.3) is 0 Å². The molecule has 1 heterocycles. The van der Waals surface area contributed by atoms with E-state index in [4.69, 9.17) is 5.84 Å². The monoisotopic (exact) mass is 290 g/mol. The molecular weight excluding hydrogens is 264 g/mol. The number of piperazine rings is 1. The van der Waals surface area contributed by atoms with E-state index in [1.807, 2.05) is 24.3 Å². The molecule has 3 N–H and O–H groups in total. The number of carbonyl (C=O) groups is 1. The number of nitrogens with zero attached hydrogens (tertiary/aromatic N) is 2. The molecule has 1 aromatic carbocycles. The van der Waals surface area contributed by atoms with E-state index in [0.717, 1.165) is 38.3 Å². The number of hydrogen-bond donors (Lipinski definition) is 2. The second-order valence-electron chi connectivity index (χ2n) is 6.56. The summed E-state index contributed by atoms with van der Waals surface area (Å²) in [5.74, 6) is 5.03. The van der Waals surface area contributed by atoms with Crippen LogP contribution in [0, 0.1) is 0 Å². The minimum atomic E-state index is -0.223. The van der Waals surface area contributed by atoms with Gasteiger partial charge in [0.1, 0.15) is 0 Å². The fourth-order valence-electron chi connectivity index (χ4n) is 2.78. The molecule has 1 saturated heterocycles. The lowest BCUT2D eigenvalue weighted by Gasteiger charge is -2.42. The van der Waals surface area contributed by atoms with E-state index < -0.39 is 0 Å². The van der Waals surface area contributed by atoms with Crippen LogP contribution in [0.1, 0.15) is 36.7 Å². The Morgan fingerprint density at radius 3 is 2.38 bits per heavy atom. The Labute approximate surface area is 127 Å². The number of nitrogens with one attached hydrogen (secondary N) is 1. The van der Waals surface area contributed by atoms with Gasteiger partial charge >= 0.3 is 0 Å². The molecule has 0 radical (unpaired) electrons. The van der Waals surface area contributed by atoms with E-state index in [2.05, 4.69) is 36.0 Å². The minimum absolute atomic E-state index is 0.223. The minimum Gasteiger partial charge on any atom is -0.297 e. The van der Waals surface area contributed by atoms with Crippen LogP contribution in [0.4, 0.5) is 0 Å². The summed E-state index contributed by atoms with van der Waals surface area (Å²) in [6, 6.07) is 7.66. The van der Waals surface area contributed by atoms with E-state index in [9.17, 15) is 4.79 Å². The molecule has 116 valence electrons. The van der Waals surface area contributed by atoms with Crippen LogP contribution in [0.15, 0.2) is 24.3 Å². The Kier molecular flexibility index (Phi) is 4.98. The molecule has 1 aromatic rings. The average Bonchev–Trinajstić information content (AvgIpc) is 2.46. The molecule has 1 fully saturated rings. The van der Waals surface area contributed by atoms with E-state index in [0.29, 0.717) is 5.56 Å². The van der Waals surface area contributed by atoms with Crippen molar-refractivity contribution in [1.82, 2.24) is 15.2 Å². The third-order valence-corrected chi connectivity index (χ3v) is 4.11. The van der Waals surface area contributed by atoms with E-state index >= 15 is 0 Å². The zero-order valence-electron chi connectivity index (χ0n) is 13.2. The van der Waals surface area contributed by atoms with Crippen molar-refractivity contribution in [2.75, 3.05) is 26.2 Å². The molecule has 1 aliphatic heterocycles. The summed E-state index contributed by atoms with van der Waals surface area (Å²) in [4.78, 5) is 16.7. The summed E-state index contributed by atoms with van der Waals surface area (Å²) >= 11 is 0. The topological polar surface area (TPSA) is 61.6 Å². The molecule has 21 heavy (non-hydrogen) atoms. The molecule has 0 spiro atoms. The number of amides is 1. The zero-order chi connectivity index (χ0) is 15.5. The summed E-state index contributed by atoms with van der Waals surface area (Å²) in [6.45, 7) is 11.7. The first-order valence-electron chi connectivity index (χ1n) is 7.48. The van der Waals surface area contributed by atoms with Gasteiger partial charge in [0, 0.05) is 43.8 Å². The van der Waals surface area contributed by atoms with Crippen molar-refractivity contribution in [1.29, 1.82) is 0 Å². The molecule has 5 nitrogen and oxygen atoms in total. The number of benzene rings is 1. The lowest BCUT2D eigenvalue weighted by atomic mass is 10.0. The maximum atomic E-state index is 11.8. The second-order valence-corrected chi connectivity index (χ2v) is 6.56. The molecule has 5 heteroatoms. The molecule has 0 aromatic heterocycles. The van der Waals surface area contributed by atoms with Crippen molar-refractivity contribution in [3.05, 3.63) is 35.4 Å². The van der Waals surface area contributed by atoms with Crippen LogP contribution >= 0.6 is 0 Å². The van der Waals surface area contributed by atoms with E-state index in [1.165, 1.54) is 0 Å². The highest BCUT2D eigenvalue weighted by Gasteiger charge is 2.26. The van der Waals surface area contributed by atoms with Crippen LogP contribution in [-0.2, 0) is 6.54 Å². The van der Waals surface area contributed by atoms with Gasteiger partial charge in [-0.05, 0) is 32.4 Å². The number of carbonyl (C=O) groups excluding carboxylic acids is 1. The van der Waals surface area contributed by atoms with Gasteiger partial charge in [-0.3, -0.25) is 20.0 Å². The highest BCUT2D eigenvalue weighted by atomic mass is 16.2. The molecule has 0 aliphatic carbocycles. The molecular formula is C16H26N4O. The van der Waals surface area contributed by atoms with E-state index in [1.54, 1.807) is 0 Å². The highest BCUT2D eigenvalue weighted by Crippen LogP contribution is 2.18. The Morgan fingerprint density at radius 1 is 1.19 bits per heavy atom. The second kappa shape index (κ2) is 6.56. The first kappa shape index (κ1) is 15.9. The Bertz CT molecular complexity index is 487. The van der Waals surface area contributed by atoms with Crippen LogP contribution in [-0.4, -0.2) is 47.4 Å². The van der Waals surface area contributed by atoms with Crippen LogP contribution < -0.4 is 11.3 Å². The molecule has 1 amide bonds. The molecule has 2 rings (SSSR count). The SMILES string of the molecule is CC(C)(C)N1CCN(Cc2ccccc2C(=O)NN)CC1. The van der Waals surface area contributed by atoms with Crippen molar-refractivity contribution in [3.63, 3.8) is 0 Å². The predicted octanol–water partition coefficient (Wildman–Crippen LogP) is 1.21. The first-order valence-corrected chi connectivity index (χ1v) is 7.48. The Balaban J connectivity index is 2.00. The first-order chi connectivity index (χ1) is 9.91. The van der Waals surface area contributed by atoms with Gasteiger partial charge in [0.25, 0.3) is 5.91 Å². The van der Waals surface area contributed by atoms with Crippen molar-refractivity contribution < 1.29 is 4.79 Å². The quantitative estimate of drug-likeness (QED) is 0.499. The van der Waals surface area contributed by atoms with Crippen molar-refractivity contribution in [3.8, 4) is 0 Å². The summed E-state index contributed by atoms with van der Waals surface area (Å²) < 4.78 is 0. The van der Waals surface area contributed by atoms with Crippen molar-refractivity contribution >= 4 is 5.91 Å². The Morgan fingerprint density at radius 2 is 1.81 bits per heavy atom. The Hall–Kier alpha value is -1.43. The third-order valence-electron chi connectivity index (χ3n) is 4.11. The van der Waals surface area contributed by atoms with Crippen LogP contribution in [0.2, 0.25) is 0 Å². The normalized spacial score (nSPS) is 17.7. The molecule has 0 unspecified atom stereocenters. The average molecular weight is 290 g/mol. The molecule has 0 atom stereocenters. The predicted molar refractivity (Wildman–Crippen MR) is 84.7 cm³/mol. The molecule has 0 saturated carbocycles. The number of hydrogen-bond acceptors (Lipinski definition) is 4. The smallest absolute Gasteiger partial charge is 0.265 e. The molecule has 0 bridgehead atoms. The van der Waals surface area contributed by atoms with Crippen LogP contribution in [0.3, 0.4) is 0 Å². The van der Waals surface area contributed by atoms with Gasteiger partial charge < -0.3 is 0 Å². The standard InChI is InChI=1S/C16H26N4O/c1-16(2,3)20-10-8-19(9-11-20)12-13-6-4-5-7-14(13)15(21)18-17/h4-7H,8-12,17H2,1-3H3,(H,18,21). The van der Waals surface area contributed by atoms with Gasteiger partial charge in [0.15, 0.2) is 0 Å². The van der Waals surface area contributed by atoms with Gasteiger partial charge in [0.2, 0.25) is 0 Å². The lowest BCUT2D eigenvalue weighted by molar-refractivity contribution is 0.0589. The number of rotatable bonds is 3. The van der Waals surface area contributed by atoms with Gasteiger partial charge in [0.05, 0.1) is 0 Å². The van der Waals surface area contributed by atoms with Gasteiger partial charge in [-0.15, -0.1) is 0 Å². The number of nitrogen functional groups attached to an aromatic ring is 1. The highest BCUT2D eigenvalue weighted by molar-refractivity contribution is 5.95. The summed E-state index contributed by atoms with van der Waals surface area (Å²) in [5.41, 5.74) is 4.14. The number of nitrogens with two attached hydrogens (primary N) is 1. The summed E-state index contributed by atoms with van der Waals surface area (Å²) in [6.07, 6.45) is 0.